The van der Waals surface area contributed by atoms with Gasteiger partial charge in [0.25, 0.3) is 0 Å². The molecule has 15 nitrogen and oxygen atoms in total. The molecule has 6 rings (SSSR count). The van der Waals surface area contributed by atoms with Crippen LogP contribution in [0.15, 0.2) is 84.6 Å². The van der Waals surface area contributed by atoms with Crippen molar-refractivity contribution < 1.29 is 33.8 Å². The van der Waals surface area contributed by atoms with Gasteiger partial charge in [-0.05, 0) is 78.6 Å². The van der Waals surface area contributed by atoms with E-state index in [9.17, 15) is 33.8 Å². The van der Waals surface area contributed by atoms with Gasteiger partial charge in [-0.2, -0.15) is 4.39 Å². The van der Waals surface area contributed by atoms with Crippen molar-refractivity contribution in [3.05, 3.63) is 124 Å². The maximum Gasteiger partial charge on any atom is 0.323 e. The number of nitrogens with zero attached hydrogens (tertiary/aromatic N) is 4. The molecule has 2 aromatic carbocycles. The van der Waals surface area contributed by atoms with Crippen LogP contribution in [0.1, 0.15) is 86.5 Å². The molecule has 1 fully saturated rings. The number of unbranched alkanes of at least 4 members (excludes halogenated alkanes) is 2. The van der Waals surface area contributed by atoms with Crippen LogP contribution in [0.4, 0.5) is 20.6 Å². The number of anilines is 2. The maximum absolute atomic E-state index is 14.0. The van der Waals surface area contributed by atoms with Gasteiger partial charge in [-0.15, -0.1) is 11.3 Å². The minimum Gasteiger partial charge on any atom is -0.392 e. The molecule has 0 unspecified atom stereocenters. The van der Waals surface area contributed by atoms with E-state index in [1.54, 1.807) is 23.5 Å². The number of β-amino-alcohol motifs (C(OH)–C–C–N with tert-alkyl or cyclic N) is 1. The number of aliphatic hydroxyl groups excluding tert-OH is 2. The summed E-state index contributed by atoms with van der Waals surface area (Å²) in [5, 5.41) is 34.5. The number of hydrogen-bond acceptors (Lipinski definition) is 11. The second-order valence-electron chi connectivity index (χ2n) is 17.2. The van der Waals surface area contributed by atoms with Crippen LogP contribution < -0.4 is 26.6 Å². The summed E-state index contributed by atoms with van der Waals surface area (Å²) in [7, 11) is 0. The highest BCUT2D eigenvalue weighted by molar-refractivity contribution is 7.13. The molecule has 346 valence electrons. The van der Waals surface area contributed by atoms with Crippen molar-refractivity contribution in [1.82, 2.24) is 35.8 Å². The summed E-state index contributed by atoms with van der Waals surface area (Å²) in [4.78, 5) is 67.6. The Morgan fingerprint density at radius 1 is 0.924 bits per heavy atom. The summed E-state index contributed by atoms with van der Waals surface area (Å²) in [6.45, 7) is 8.85. The average molecular weight is 918 g/mol. The molecule has 3 atom stereocenters. The lowest BCUT2D eigenvalue weighted by atomic mass is 9.85. The Balaban J connectivity index is 0.891. The van der Waals surface area contributed by atoms with Gasteiger partial charge in [0.15, 0.2) is 0 Å². The number of aliphatic hydroxyl groups is 2. The van der Waals surface area contributed by atoms with Gasteiger partial charge in [-0.3, -0.25) is 14.4 Å². The van der Waals surface area contributed by atoms with Crippen LogP contribution in [-0.4, -0.2) is 85.1 Å². The summed E-state index contributed by atoms with van der Waals surface area (Å²) in [5.41, 5.74) is 7.17. The van der Waals surface area contributed by atoms with Crippen LogP contribution in [0.3, 0.4) is 0 Å². The number of thiazole rings is 1. The molecular formula is C49H56FN9O6S. The van der Waals surface area contributed by atoms with E-state index in [1.165, 1.54) is 11.1 Å². The van der Waals surface area contributed by atoms with Crippen molar-refractivity contribution in [2.24, 2.45) is 5.41 Å². The van der Waals surface area contributed by atoms with Crippen LogP contribution in [0.25, 0.3) is 10.4 Å². The maximum atomic E-state index is 14.0. The molecule has 1 saturated heterocycles. The highest BCUT2D eigenvalue weighted by Crippen LogP contribution is 2.29. The number of carbonyl (C=O) groups is 4. The van der Waals surface area contributed by atoms with Gasteiger partial charge >= 0.3 is 6.03 Å². The van der Waals surface area contributed by atoms with Gasteiger partial charge in [0.2, 0.25) is 23.7 Å². The number of aryl methyl sites for hydroxylation is 1. The fraction of sp³-hybridized carbons (Fsp3) is 0.367. The van der Waals surface area contributed by atoms with E-state index in [1.807, 2.05) is 81.7 Å². The number of nitrogens with one attached hydrogen (secondary N) is 5. The number of amides is 5. The van der Waals surface area contributed by atoms with Crippen molar-refractivity contribution in [3.8, 4) is 22.3 Å². The molecule has 3 aromatic heterocycles. The number of aromatic nitrogens is 3. The number of likely N-dealkylation sites (tertiary alicyclic amines) is 1. The average Bonchev–Trinajstić information content (AvgIpc) is 3.91. The minimum atomic E-state index is -0.881. The lowest BCUT2D eigenvalue weighted by Gasteiger charge is -2.35. The third kappa shape index (κ3) is 14.0. The number of rotatable bonds is 17. The van der Waals surface area contributed by atoms with E-state index >= 15 is 0 Å². The zero-order valence-corrected chi connectivity index (χ0v) is 38.3. The van der Waals surface area contributed by atoms with Crippen LogP contribution in [0.5, 0.6) is 0 Å². The van der Waals surface area contributed by atoms with Crippen LogP contribution in [0.2, 0.25) is 0 Å². The number of pyridine rings is 2. The van der Waals surface area contributed by atoms with Crippen LogP contribution in [0, 0.1) is 30.1 Å². The highest BCUT2D eigenvalue weighted by Gasteiger charge is 2.44. The Labute approximate surface area is 388 Å². The summed E-state index contributed by atoms with van der Waals surface area (Å²) in [6.07, 6.45) is 4.48. The lowest BCUT2D eigenvalue weighted by molar-refractivity contribution is -0.144. The minimum absolute atomic E-state index is 0.0124. The smallest absolute Gasteiger partial charge is 0.323 e. The SMILES string of the molecule is Cc1ncsc1-c1ccc(CNC(=O)[C@@H]2C[C@@H](O)CN2C(=O)[C@@H](NC(=O)CCCCCNCc2ccc(C#Cc3cc(NC(=O)Nc4cc(F)ncc4CO)ccn3)cc2)C(C)(C)C)cc1. The zero-order valence-electron chi connectivity index (χ0n) is 37.5. The fourth-order valence-corrected chi connectivity index (χ4v) is 8.17. The summed E-state index contributed by atoms with van der Waals surface area (Å²) < 4.78 is 13.6. The number of carbonyl (C=O) groups excluding carboxylic acids is 4. The third-order valence-corrected chi connectivity index (χ3v) is 12.0. The molecule has 0 radical (unpaired) electrons. The van der Waals surface area contributed by atoms with Gasteiger partial charge in [-0.25, -0.2) is 19.7 Å². The zero-order chi connectivity index (χ0) is 47.2. The summed E-state index contributed by atoms with van der Waals surface area (Å²) in [6, 6.07) is 17.5. The topological polar surface area (TPSA) is 211 Å². The molecule has 0 saturated carbocycles. The van der Waals surface area contributed by atoms with Crippen molar-refractivity contribution in [3.63, 3.8) is 0 Å². The number of hydrogen-bond donors (Lipinski definition) is 7. The normalized spacial score (nSPS) is 15.0. The van der Waals surface area contributed by atoms with Gasteiger partial charge in [0.05, 0.1) is 34.5 Å². The lowest BCUT2D eigenvalue weighted by Crippen LogP contribution is -2.57. The first-order chi connectivity index (χ1) is 31.7. The standard InChI is InChI=1S/C49H56FN9O6S/c1-31-44(66-30-55-31)35-16-13-34(14-17-35)26-54-46(63)41-23-39(61)28-59(41)47(64)45(49(2,3)4)58-43(62)8-6-5-7-20-51-25-33-11-9-32(10-12-33)15-18-37-22-38(19-21-52-37)56-48(65)57-40-24-42(50)53-27-36(40)29-60/h9-14,16-17,19,21-22,24,27,30,39,41,45,51,60-61H,5-8,20,23,25-26,28-29H2,1-4H3,(H,54,63)(H,58,62)(H2,52,53,56,57,65)/t39-,41+,45-/m1/s1. The summed E-state index contributed by atoms with van der Waals surface area (Å²) in [5.74, 6) is 4.30. The fourth-order valence-electron chi connectivity index (χ4n) is 7.36. The van der Waals surface area contributed by atoms with Crippen LogP contribution >= 0.6 is 11.3 Å². The molecule has 0 spiro atoms. The monoisotopic (exact) mass is 917 g/mol. The number of benzene rings is 2. The predicted molar refractivity (Wildman–Crippen MR) is 251 cm³/mol. The van der Waals surface area contributed by atoms with E-state index in [2.05, 4.69) is 53.4 Å². The summed E-state index contributed by atoms with van der Waals surface area (Å²) >= 11 is 1.57. The van der Waals surface area contributed by atoms with Gasteiger partial charge in [-0.1, -0.05) is 69.5 Å². The quantitative estimate of drug-likeness (QED) is 0.0327. The molecule has 0 aliphatic carbocycles. The third-order valence-electron chi connectivity index (χ3n) is 11.0. The van der Waals surface area contributed by atoms with Crippen molar-refractivity contribution in [1.29, 1.82) is 0 Å². The second-order valence-corrected chi connectivity index (χ2v) is 18.1. The molecular weight excluding hydrogens is 862 g/mol. The van der Waals surface area contributed by atoms with E-state index in [4.69, 9.17) is 0 Å². The first-order valence-electron chi connectivity index (χ1n) is 21.8. The Morgan fingerprint density at radius 3 is 2.38 bits per heavy atom. The van der Waals surface area contributed by atoms with E-state index < -0.39 is 42.2 Å². The Hall–Kier alpha value is -6.58. The Bertz CT molecular complexity index is 2540. The Morgan fingerprint density at radius 2 is 1.67 bits per heavy atom. The molecule has 7 N–H and O–H groups in total. The van der Waals surface area contributed by atoms with E-state index in [0.717, 1.165) is 64.5 Å². The van der Waals surface area contributed by atoms with E-state index in [-0.39, 0.29) is 54.9 Å². The second kappa shape index (κ2) is 23.0. The molecule has 1 aliphatic rings. The predicted octanol–water partition coefficient (Wildman–Crippen LogP) is 6.04. The highest BCUT2D eigenvalue weighted by atomic mass is 32.1. The van der Waals surface area contributed by atoms with Gasteiger partial charge in [0, 0.05) is 67.8 Å². The first kappa shape index (κ1) is 48.9. The van der Waals surface area contributed by atoms with Gasteiger partial charge in [0.1, 0.15) is 17.8 Å². The van der Waals surface area contributed by atoms with Crippen molar-refractivity contribution >= 4 is 46.5 Å². The first-order valence-corrected chi connectivity index (χ1v) is 22.7. The number of urea groups is 1. The van der Waals surface area contributed by atoms with Crippen molar-refractivity contribution in [2.45, 2.75) is 97.7 Å². The van der Waals surface area contributed by atoms with E-state index in [0.29, 0.717) is 24.3 Å². The Kier molecular flexibility index (Phi) is 17.1. The van der Waals surface area contributed by atoms with Crippen molar-refractivity contribution in [2.75, 3.05) is 23.7 Å². The molecule has 4 heterocycles. The van der Waals surface area contributed by atoms with Crippen LogP contribution in [-0.2, 0) is 34.1 Å². The largest absolute Gasteiger partial charge is 0.392 e. The molecule has 17 heteroatoms. The molecule has 5 amide bonds. The molecule has 5 aromatic rings. The molecule has 66 heavy (non-hydrogen) atoms. The molecule has 1 aliphatic heterocycles. The van der Waals surface area contributed by atoms with Gasteiger partial charge < -0.3 is 41.7 Å². The molecule has 0 bridgehead atoms. The number of halogens is 1.